The van der Waals surface area contributed by atoms with Crippen LogP contribution in [0.3, 0.4) is 0 Å². The molecule has 0 aromatic rings. The maximum atomic E-state index is 12.2. The number of hydrogen-bond acceptors (Lipinski definition) is 4. The van der Waals surface area contributed by atoms with Crippen LogP contribution in [0, 0.1) is 11.3 Å². The number of nitrogens with zero attached hydrogens (tertiary/aromatic N) is 1. The molecule has 0 spiro atoms. The van der Waals surface area contributed by atoms with Gasteiger partial charge in [-0.2, -0.15) is 0 Å². The van der Waals surface area contributed by atoms with E-state index in [1.54, 1.807) is 0 Å². The van der Waals surface area contributed by atoms with Gasteiger partial charge in [0.1, 0.15) is 0 Å². The van der Waals surface area contributed by atoms with Crippen molar-refractivity contribution in [3.63, 3.8) is 0 Å². The molecule has 5 nitrogen and oxygen atoms in total. The maximum absolute atomic E-state index is 12.2. The monoisotopic (exact) mass is 299 g/mol. The number of aliphatic hydroxyl groups excluding tert-OH is 1. The second-order valence-electron chi connectivity index (χ2n) is 7.37. The third-order valence-electron chi connectivity index (χ3n) is 4.15. The topological polar surface area (TPSA) is 78.6 Å². The fourth-order valence-electron chi connectivity index (χ4n) is 2.90. The minimum Gasteiger partial charge on any atom is -0.393 e. The third kappa shape index (κ3) is 6.32. The summed E-state index contributed by atoms with van der Waals surface area (Å²) in [6, 6.07) is 0.158. The number of aliphatic hydroxyl groups is 1. The Morgan fingerprint density at radius 3 is 2.62 bits per heavy atom. The normalized spacial score (nSPS) is 25.6. The number of nitrogens with two attached hydrogens (primary N) is 1. The minimum absolute atomic E-state index is 0.0943. The summed E-state index contributed by atoms with van der Waals surface area (Å²) in [6.07, 6.45) is 2.29. The molecular weight excluding hydrogens is 266 g/mol. The first-order valence-corrected chi connectivity index (χ1v) is 8.17. The number of carbonyl (C=O) groups excluding carboxylic acids is 1. The molecule has 0 aromatic carbocycles. The molecule has 5 heteroatoms. The lowest BCUT2D eigenvalue weighted by Crippen LogP contribution is -2.53. The third-order valence-corrected chi connectivity index (χ3v) is 4.15. The van der Waals surface area contributed by atoms with Gasteiger partial charge in [-0.1, -0.05) is 27.7 Å². The van der Waals surface area contributed by atoms with Gasteiger partial charge in [0, 0.05) is 37.6 Å². The summed E-state index contributed by atoms with van der Waals surface area (Å²) in [5.41, 5.74) is 5.30. The summed E-state index contributed by atoms with van der Waals surface area (Å²) >= 11 is 0. The number of piperidine rings is 1. The van der Waals surface area contributed by atoms with Crippen molar-refractivity contribution in [2.75, 3.05) is 26.2 Å². The highest BCUT2D eigenvalue weighted by Crippen LogP contribution is 2.23. The van der Waals surface area contributed by atoms with Crippen molar-refractivity contribution < 1.29 is 9.90 Å². The lowest BCUT2D eigenvalue weighted by Gasteiger charge is -2.39. The van der Waals surface area contributed by atoms with E-state index in [0.29, 0.717) is 12.5 Å². The largest absolute Gasteiger partial charge is 0.393 e. The van der Waals surface area contributed by atoms with Gasteiger partial charge >= 0.3 is 0 Å². The molecule has 1 aliphatic heterocycles. The Kier molecular flexibility index (Phi) is 7.10. The van der Waals surface area contributed by atoms with Gasteiger partial charge in [0.2, 0.25) is 5.91 Å². The summed E-state index contributed by atoms with van der Waals surface area (Å²) in [5, 5.41) is 13.1. The van der Waals surface area contributed by atoms with Gasteiger partial charge in [-0.25, -0.2) is 0 Å². The molecule has 0 aromatic heterocycles. The first-order valence-electron chi connectivity index (χ1n) is 8.17. The molecule has 1 amide bonds. The Labute approximate surface area is 129 Å². The number of nitrogens with one attached hydrogen (secondary N) is 1. The first-order chi connectivity index (χ1) is 9.76. The number of carbonyl (C=O) groups is 1. The van der Waals surface area contributed by atoms with E-state index in [1.165, 1.54) is 0 Å². The zero-order chi connectivity index (χ0) is 16.0. The van der Waals surface area contributed by atoms with E-state index >= 15 is 0 Å². The van der Waals surface area contributed by atoms with E-state index < -0.39 is 0 Å². The van der Waals surface area contributed by atoms with Gasteiger partial charge in [-0.05, 0) is 25.2 Å². The molecule has 3 atom stereocenters. The van der Waals surface area contributed by atoms with Crippen LogP contribution in [0.5, 0.6) is 0 Å². The van der Waals surface area contributed by atoms with E-state index in [0.717, 1.165) is 38.9 Å². The highest BCUT2D eigenvalue weighted by molar-refractivity contribution is 5.81. The Morgan fingerprint density at radius 1 is 1.43 bits per heavy atom. The quantitative estimate of drug-likeness (QED) is 0.682. The Bertz CT molecular complexity index is 328. The van der Waals surface area contributed by atoms with Gasteiger partial charge in [0.25, 0.3) is 0 Å². The molecule has 1 saturated heterocycles. The molecular formula is C16H33N3O2. The van der Waals surface area contributed by atoms with E-state index in [9.17, 15) is 9.90 Å². The molecule has 1 heterocycles. The van der Waals surface area contributed by atoms with E-state index in [1.807, 2.05) is 27.7 Å². The first kappa shape index (κ1) is 18.4. The van der Waals surface area contributed by atoms with E-state index in [-0.39, 0.29) is 23.5 Å². The van der Waals surface area contributed by atoms with Gasteiger partial charge < -0.3 is 16.2 Å². The standard InChI is InChI=1S/C16H33N3O2/c1-5-14(20)9-12-8-13(11-19(10-12)7-6-17)18-15(21)16(2,3)4/h12-14,20H,5-11,17H2,1-4H3,(H,18,21). The van der Waals surface area contributed by atoms with Crippen molar-refractivity contribution in [1.82, 2.24) is 10.2 Å². The van der Waals surface area contributed by atoms with Gasteiger partial charge in [-0.15, -0.1) is 0 Å². The summed E-state index contributed by atoms with van der Waals surface area (Å²) in [7, 11) is 0. The van der Waals surface area contributed by atoms with Crippen LogP contribution in [0.2, 0.25) is 0 Å². The smallest absolute Gasteiger partial charge is 0.225 e. The zero-order valence-electron chi connectivity index (χ0n) is 14.1. The van der Waals surface area contributed by atoms with E-state index in [4.69, 9.17) is 5.73 Å². The predicted molar refractivity (Wildman–Crippen MR) is 85.9 cm³/mol. The van der Waals surface area contributed by atoms with Crippen molar-refractivity contribution in [3.8, 4) is 0 Å². The summed E-state index contributed by atoms with van der Waals surface area (Å²) in [4.78, 5) is 14.5. The molecule has 3 unspecified atom stereocenters. The van der Waals surface area contributed by atoms with Crippen molar-refractivity contribution in [2.45, 2.75) is 59.1 Å². The second-order valence-corrected chi connectivity index (χ2v) is 7.37. The summed E-state index contributed by atoms with van der Waals surface area (Å²) < 4.78 is 0. The molecule has 1 rings (SSSR count). The SMILES string of the molecule is CCC(O)CC1CC(NC(=O)C(C)(C)C)CN(CCN)C1. The Morgan fingerprint density at radius 2 is 2.10 bits per heavy atom. The maximum Gasteiger partial charge on any atom is 0.225 e. The highest BCUT2D eigenvalue weighted by Gasteiger charge is 2.31. The lowest BCUT2D eigenvalue weighted by atomic mass is 9.87. The Hall–Kier alpha value is -0.650. The Balaban J connectivity index is 2.63. The number of rotatable bonds is 6. The number of amides is 1. The van der Waals surface area contributed by atoms with Crippen LogP contribution >= 0.6 is 0 Å². The zero-order valence-corrected chi connectivity index (χ0v) is 14.1. The highest BCUT2D eigenvalue weighted by atomic mass is 16.3. The van der Waals surface area contributed by atoms with Crippen LogP contribution in [0.15, 0.2) is 0 Å². The van der Waals surface area contributed by atoms with Gasteiger partial charge in [0.05, 0.1) is 6.10 Å². The molecule has 1 aliphatic rings. The van der Waals surface area contributed by atoms with Crippen LogP contribution in [0.1, 0.15) is 47.0 Å². The second kappa shape index (κ2) is 8.11. The molecule has 4 N–H and O–H groups in total. The number of likely N-dealkylation sites (tertiary alicyclic amines) is 1. The lowest BCUT2D eigenvalue weighted by molar-refractivity contribution is -0.129. The van der Waals surface area contributed by atoms with Crippen molar-refractivity contribution in [1.29, 1.82) is 0 Å². The van der Waals surface area contributed by atoms with Crippen LogP contribution in [0.25, 0.3) is 0 Å². The summed E-state index contributed by atoms with van der Waals surface area (Å²) in [6.45, 7) is 11.1. The predicted octanol–water partition coefficient (Wildman–Crippen LogP) is 0.959. The van der Waals surface area contributed by atoms with Crippen molar-refractivity contribution >= 4 is 5.91 Å². The van der Waals surface area contributed by atoms with Crippen LogP contribution in [-0.4, -0.2) is 54.2 Å². The van der Waals surface area contributed by atoms with E-state index in [2.05, 4.69) is 10.2 Å². The fourth-order valence-corrected chi connectivity index (χ4v) is 2.90. The van der Waals surface area contributed by atoms with Crippen molar-refractivity contribution in [3.05, 3.63) is 0 Å². The molecule has 21 heavy (non-hydrogen) atoms. The molecule has 0 radical (unpaired) electrons. The average Bonchev–Trinajstić information content (AvgIpc) is 2.37. The van der Waals surface area contributed by atoms with Crippen LogP contribution in [-0.2, 0) is 4.79 Å². The molecule has 0 aliphatic carbocycles. The number of hydrogen-bond donors (Lipinski definition) is 3. The molecule has 0 saturated carbocycles. The molecule has 124 valence electrons. The minimum atomic E-state index is -0.366. The fraction of sp³-hybridized carbons (Fsp3) is 0.938. The van der Waals surface area contributed by atoms with Crippen LogP contribution < -0.4 is 11.1 Å². The summed E-state index contributed by atoms with van der Waals surface area (Å²) in [5.74, 6) is 0.516. The average molecular weight is 299 g/mol. The van der Waals surface area contributed by atoms with Gasteiger partial charge in [-0.3, -0.25) is 9.69 Å². The van der Waals surface area contributed by atoms with Crippen molar-refractivity contribution in [2.24, 2.45) is 17.1 Å². The molecule has 0 bridgehead atoms. The molecule has 1 fully saturated rings. The van der Waals surface area contributed by atoms with Gasteiger partial charge in [0.15, 0.2) is 0 Å². The van der Waals surface area contributed by atoms with Crippen LogP contribution in [0.4, 0.5) is 0 Å².